The van der Waals surface area contributed by atoms with Crippen molar-refractivity contribution in [1.29, 1.82) is 0 Å². The van der Waals surface area contributed by atoms with Crippen LogP contribution in [0, 0.1) is 41.4 Å². The monoisotopic (exact) mass is 540 g/mol. The van der Waals surface area contributed by atoms with E-state index < -0.39 is 54.2 Å². The fourth-order valence-electron chi connectivity index (χ4n) is 5.79. The first-order valence-corrected chi connectivity index (χ1v) is 14.6. The maximum Gasteiger partial charge on any atom is 0.308 e. The predicted molar refractivity (Wildman–Crippen MR) is 152 cm³/mol. The molecule has 0 radical (unpaired) electrons. The van der Waals surface area contributed by atoms with Gasteiger partial charge in [-0.15, -0.1) is 0 Å². The number of ether oxygens (including phenoxy) is 1. The number of aliphatic hydroxyl groups excluding tert-OH is 4. The summed E-state index contributed by atoms with van der Waals surface area (Å²) in [6, 6.07) is 0. The van der Waals surface area contributed by atoms with Crippen molar-refractivity contribution in [3.05, 3.63) is 23.8 Å². The molecular formula is C31H56O7. The molecule has 0 amide bonds. The van der Waals surface area contributed by atoms with Crippen molar-refractivity contribution in [3.8, 4) is 0 Å². The van der Waals surface area contributed by atoms with Gasteiger partial charge in [0.05, 0.1) is 42.5 Å². The van der Waals surface area contributed by atoms with Crippen LogP contribution in [0.4, 0.5) is 0 Å². The number of carboxylic acid groups (broad SMARTS) is 1. The summed E-state index contributed by atoms with van der Waals surface area (Å²) in [6.07, 6.45) is 4.96. The molecule has 0 aromatic carbocycles. The van der Waals surface area contributed by atoms with E-state index in [-0.39, 0.29) is 23.9 Å². The Hall–Kier alpha value is -1.25. The van der Waals surface area contributed by atoms with Crippen molar-refractivity contribution in [2.45, 2.75) is 125 Å². The van der Waals surface area contributed by atoms with Crippen LogP contribution in [0.25, 0.3) is 0 Å². The fraction of sp³-hybridized carbons (Fsp3) is 0.839. The van der Waals surface area contributed by atoms with E-state index in [2.05, 4.69) is 19.9 Å². The number of carboxylic acids is 1. The van der Waals surface area contributed by atoms with Gasteiger partial charge in [-0.25, -0.2) is 0 Å². The molecule has 0 aromatic heterocycles. The van der Waals surface area contributed by atoms with Gasteiger partial charge in [0.1, 0.15) is 0 Å². The molecule has 1 fully saturated rings. The minimum absolute atomic E-state index is 0.155. The lowest BCUT2D eigenvalue weighted by atomic mass is 9.76. The lowest BCUT2D eigenvalue weighted by molar-refractivity contribution is -0.169. The van der Waals surface area contributed by atoms with Gasteiger partial charge in [0, 0.05) is 23.7 Å². The number of hydrogen-bond acceptors (Lipinski definition) is 6. The Kier molecular flexibility index (Phi) is 14.8. The number of rotatable bonds is 15. The second kappa shape index (κ2) is 16.1. The van der Waals surface area contributed by atoms with E-state index in [1.807, 2.05) is 27.7 Å². The average Bonchev–Trinajstić information content (AvgIpc) is 2.88. The molecule has 0 aliphatic carbocycles. The molecular weight excluding hydrogens is 484 g/mol. The maximum absolute atomic E-state index is 11.5. The molecule has 5 N–H and O–H groups in total. The minimum atomic E-state index is -0.975. The third kappa shape index (κ3) is 9.74. The predicted octanol–water partition coefficient (Wildman–Crippen LogP) is 4.82. The molecule has 1 aliphatic heterocycles. The van der Waals surface area contributed by atoms with Gasteiger partial charge in [-0.2, -0.15) is 0 Å². The molecule has 13 atom stereocenters. The van der Waals surface area contributed by atoms with Crippen molar-refractivity contribution in [2.75, 3.05) is 0 Å². The van der Waals surface area contributed by atoms with Crippen molar-refractivity contribution in [1.82, 2.24) is 0 Å². The standard InChI is InChI=1S/C31H56O7/c1-10-11-17(2)16-20(5)27(33)18(3)12-14-25(32)21(6)28(34)23(8)29(35)24(9)30-19(4)13-15-26(38-30)22(7)31(36)37/h12,14,16-19,21-30,32-35H,10-11,13,15H2,1-9H3,(H,36,37)/b14-12+,20-16+/t17-,18-,19+,21+,22+,23+,24+,25-,26+,27-,28+,29+,30+/m1/s1. The summed E-state index contributed by atoms with van der Waals surface area (Å²) >= 11 is 0. The van der Waals surface area contributed by atoms with E-state index >= 15 is 0 Å². The molecule has 0 saturated carbocycles. The van der Waals surface area contributed by atoms with Crippen molar-refractivity contribution < 1.29 is 35.1 Å². The van der Waals surface area contributed by atoms with Gasteiger partial charge < -0.3 is 30.3 Å². The van der Waals surface area contributed by atoms with E-state index in [4.69, 9.17) is 4.74 Å². The van der Waals surface area contributed by atoms with Gasteiger partial charge in [-0.05, 0) is 50.5 Å². The second-order valence-corrected chi connectivity index (χ2v) is 12.2. The van der Waals surface area contributed by atoms with Crippen LogP contribution in [0.1, 0.15) is 88.0 Å². The molecule has 0 aromatic rings. The Labute approximate surface area is 231 Å². The Morgan fingerprint density at radius 2 is 1.55 bits per heavy atom. The lowest BCUT2D eigenvalue weighted by Crippen LogP contribution is -2.49. The number of aliphatic carboxylic acids is 1. The Bertz CT molecular complexity index is 765. The van der Waals surface area contributed by atoms with E-state index in [9.17, 15) is 30.3 Å². The van der Waals surface area contributed by atoms with Crippen LogP contribution < -0.4 is 0 Å². The van der Waals surface area contributed by atoms with Gasteiger partial charge in [0.25, 0.3) is 0 Å². The number of hydrogen-bond donors (Lipinski definition) is 5. The lowest BCUT2D eigenvalue weighted by Gasteiger charge is -2.43. The normalized spacial score (nSPS) is 29.1. The molecule has 0 spiro atoms. The van der Waals surface area contributed by atoms with E-state index in [1.54, 1.807) is 32.9 Å². The summed E-state index contributed by atoms with van der Waals surface area (Å²) < 4.78 is 6.18. The van der Waals surface area contributed by atoms with E-state index in [0.717, 1.165) is 24.8 Å². The number of carbonyl (C=O) groups is 1. The largest absolute Gasteiger partial charge is 0.481 e. The third-order valence-electron chi connectivity index (χ3n) is 8.83. The van der Waals surface area contributed by atoms with Gasteiger partial charge in [-0.3, -0.25) is 4.79 Å². The van der Waals surface area contributed by atoms with Crippen molar-refractivity contribution in [2.24, 2.45) is 41.4 Å². The highest BCUT2D eigenvalue weighted by molar-refractivity contribution is 5.70. The van der Waals surface area contributed by atoms with E-state index in [0.29, 0.717) is 12.3 Å². The maximum atomic E-state index is 11.5. The zero-order chi connectivity index (χ0) is 29.3. The van der Waals surface area contributed by atoms with Crippen molar-refractivity contribution >= 4 is 5.97 Å². The zero-order valence-corrected chi connectivity index (χ0v) is 25.1. The Balaban J connectivity index is 2.80. The second-order valence-electron chi connectivity index (χ2n) is 12.2. The van der Waals surface area contributed by atoms with Crippen LogP contribution in [-0.4, -0.2) is 68.1 Å². The third-order valence-corrected chi connectivity index (χ3v) is 8.83. The molecule has 1 aliphatic rings. The summed E-state index contributed by atoms with van der Waals surface area (Å²) in [5.74, 6) is -2.57. The summed E-state index contributed by atoms with van der Waals surface area (Å²) in [5, 5.41) is 53.0. The van der Waals surface area contributed by atoms with Crippen LogP contribution in [0.3, 0.4) is 0 Å². The van der Waals surface area contributed by atoms with E-state index in [1.165, 1.54) is 0 Å². The molecule has 1 rings (SSSR count). The van der Waals surface area contributed by atoms with Gasteiger partial charge in [0.15, 0.2) is 0 Å². The Morgan fingerprint density at radius 3 is 2.11 bits per heavy atom. The average molecular weight is 541 g/mol. The highest BCUT2D eigenvalue weighted by Crippen LogP contribution is 2.36. The van der Waals surface area contributed by atoms with Crippen LogP contribution in [0.15, 0.2) is 23.8 Å². The first kappa shape index (κ1) is 34.8. The topological polar surface area (TPSA) is 127 Å². The molecule has 38 heavy (non-hydrogen) atoms. The summed E-state index contributed by atoms with van der Waals surface area (Å²) in [4.78, 5) is 11.5. The highest BCUT2D eigenvalue weighted by Gasteiger charge is 2.41. The summed E-state index contributed by atoms with van der Waals surface area (Å²) in [5.41, 5.74) is 0.913. The quantitative estimate of drug-likeness (QED) is 0.189. The van der Waals surface area contributed by atoms with Crippen LogP contribution in [-0.2, 0) is 9.53 Å². The number of aliphatic hydroxyl groups is 4. The molecule has 0 bridgehead atoms. The smallest absolute Gasteiger partial charge is 0.308 e. The highest BCUT2D eigenvalue weighted by atomic mass is 16.5. The zero-order valence-electron chi connectivity index (χ0n) is 25.1. The van der Waals surface area contributed by atoms with Crippen LogP contribution >= 0.6 is 0 Å². The van der Waals surface area contributed by atoms with Crippen molar-refractivity contribution in [3.63, 3.8) is 0 Å². The fourth-order valence-corrected chi connectivity index (χ4v) is 5.79. The molecule has 222 valence electrons. The van der Waals surface area contributed by atoms with Crippen LogP contribution in [0.2, 0.25) is 0 Å². The van der Waals surface area contributed by atoms with Crippen LogP contribution in [0.5, 0.6) is 0 Å². The minimum Gasteiger partial charge on any atom is -0.481 e. The first-order valence-electron chi connectivity index (χ1n) is 14.6. The molecule has 1 heterocycles. The molecule has 7 heteroatoms. The van der Waals surface area contributed by atoms with Gasteiger partial charge >= 0.3 is 5.97 Å². The van der Waals surface area contributed by atoms with Gasteiger partial charge in [0.2, 0.25) is 0 Å². The SMILES string of the molecule is CCC[C@@H](C)/C=C(\C)[C@H](O)[C@H](C)/C=C/[C@@H](O)[C@H](C)[C@H](O)[C@H](C)[C@H](O)[C@H](C)[C@H]1O[C@H]([C@H](C)C(=O)O)CC[C@@H]1C. The Morgan fingerprint density at radius 1 is 0.947 bits per heavy atom. The number of allylic oxidation sites excluding steroid dienone is 1. The van der Waals surface area contributed by atoms with Gasteiger partial charge in [-0.1, -0.05) is 73.1 Å². The summed E-state index contributed by atoms with van der Waals surface area (Å²) in [7, 11) is 0. The molecule has 1 saturated heterocycles. The molecule has 0 unspecified atom stereocenters. The molecule has 7 nitrogen and oxygen atoms in total. The summed E-state index contributed by atoms with van der Waals surface area (Å²) in [6.45, 7) is 17.2. The first-order chi connectivity index (χ1) is 17.6.